The molecular formula is C21H23N3O4S. The molecule has 1 aliphatic rings. The molecule has 4 amide bonds. The summed E-state index contributed by atoms with van der Waals surface area (Å²) in [5.41, 5.74) is -0.428. The topological polar surface area (TPSA) is 95.6 Å². The summed E-state index contributed by atoms with van der Waals surface area (Å²) in [5, 5.41) is 5.50. The lowest BCUT2D eigenvalue weighted by Crippen LogP contribution is -2.44. The maximum atomic E-state index is 13.2. The Kier molecular flexibility index (Phi) is 6.12. The van der Waals surface area contributed by atoms with Gasteiger partial charge in [0.1, 0.15) is 5.54 Å². The lowest BCUT2D eigenvalue weighted by Gasteiger charge is -2.26. The van der Waals surface area contributed by atoms with Crippen molar-refractivity contribution in [1.82, 2.24) is 15.5 Å². The molecular weight excluding hydrogens is 390 g/mol. The molecule has 7 nitrogen and oxygen atoms in total. The number of carbonyl (C=O) groups is 4. The Balaban J connectivity index is 1.77. The van der Waals surface area contributed by atoms with Crippen molar-refractivity contribution in [2.75, 3.05) is 6.54 Å². The lowest BCUT2D eigenvalue weighted by atomic mass is 9.85. The molecule has 8 heteroatoms. The van der Waals surface area contributed by atoms with Crippen LogP contribution in [0.1, 0.15) is 46.8 Å². The van der Waals surface area contributed by atoms with Gasteiger partial charge >= 0.3 is 6.03 Å². The Morgan fingerprint density at radius 2 is 1.86 bits per heavy atom. The Bertz CT molecular complexity index is 940. The van der Waals surface area contributed by atoms with Crippen molar-refractivity contribution in [1.29, 1.82) is 0 Å². The summed E-state index contributed by atoms with van der Waals surface area (Å²) in [6.45, 7) is 3.39. The van der Waals surface area contributed by atoms with Gasteiger partial charge in [-0.1, -0.05) is 43.7 Å². The van der Waals surface area contributed by atoms with Crippen molar-refractivity contribution in [3.63, 3.8) is 0 Å². The molecule has 0 bridgehead atoms. The van der Waals surface area contributed by atoms with E-state index in [2.05, 4.69) is 10.6 Å². The summed E-state index contributed by atoms with van der Waals surface area (Å²) in [6, 6.07) is 12.0. The molecule has 1 aromatic heterocycles. The summed E-state index contributed by atoms with van der Waals surface area (Å²) in [5.74, 6) is -0.870. The Morgan fingerprint density at radius 1 is 1.14 bits per heavy atom. The lowest BCUT2D eigenvalue weighted by molar-refractivity contribution is -0.131. The molecule has 1 fully saturated rings. The second-order valence-electron chi connectivity index (χ2n) is 6.94. The Labute approximate surface area is 173 Å². The zero-order chi connectivity index (χ0) is 21.0. The van der Waals surface area contributed by atoms with E-state index in [0.717, 1.165) is 9.78 Å². The number of ketones is 1. The van der Waals surface area contributed by atoms with Crippen LogP contribution in [-0.4, -0.2) is 35.1 Å². The van der Waals surface area contributed by atoms with E-state index >= 15 is 0 Å². The predicted octanol–water partition coefficient (Wildman–Crippen LogP) is 2.81. The number of hydrogen-bond donors (Lipinski definition) is 2. The average Bonchev–Trinajstić information content (AvgIpc) is 3.27. The van der Waals surface area contributed by atoms with Crippen LogP contribution >= 0.6 is 11.3 Å². The molecule has 1 aliphatic heterocycles. The highest BCUT2D eigenvalue weighted by molar-refractivity contribution is 7.14. The maximum Gasteiger partial charge on any atom is 0.325 e. The van der Waals surface area contributed by atoms with Crippen LogP contribution in [0.3, 0.4) is 0 Å². The van der Waals surface area contributed by atoms with Crippen LogP contribution in [0.5, 0.6) is 0 Å². The van der Waals surface area contributed by atoms with Gasteiger partial charge < -0.3 is 10.6 Å². The minimum absolute atomic E-state index is 0.154. The van der Waals surface area contributed by atoms with Crippen molar-refractivity contribution < 1.29 is 19.2 Å². The number of thiophene rings is 1. The highest BCUT2D eigenvalue weighted by Crippen LogP contribution is 2.33. The SMILES string of the molecule is CCC[C@@]1(c2ccccc2)NC(=O)N(CC(=O)c2ccc(CNC(C)=O)s2)C1=O. The van der Waals surface area contributed by atoms with Gasteiger partial charge in [0.05, 0.1) is 18.0 Å². The summed E-state index contributed by atoms with van der Waals surface area (Å²) in [4.78, 5) is 51.8. The Morgan fingerprint density at radius 3 is 2.52 bits per heavy atom. The molecule has 0 saturated carbocycles. The van der Waals surface area contributed by atoms with Gasteiger partial charge in [-0.2, -0.15) is 0 Å². The van der Waals surface area contributed by atoms with Crippen LogP contribution in [0.4, 0.5) is 4.79 Å². The van der Waals surface area contributed by atoms with Crippen molar-refractivity contribution in [2.45, 2.75) is 38.8 Å². The van der Waals surface area contributed by atoms with Crippen molar-refractivity contribution in [2.24, 2.45) is 0 Å². The molecule has 2 heterocycles. The van der Waals surface area contributed by atoms with Gasteiger partial charge in [-0.05, 0) is 24.1 Å². The van der Waals surface area contributed by atoms with Crippen LogP contribution in [-0.2, 0) is 21.7 Å². The first kappa shape index (κ1) is 20.7. The number of Topliss-reactive ketones (excluding diaryl/α,β-unsaturated/α-hetero) is 1. The average molecular weight is 413 g/mol. The van der Waals surface area contributed by atoms with Crippen LogP contribution in [0, 0.1) is 0 Å². The van der Waals surface area contributed by atoms with Crippen molar-refractivity contribution in [3.8, 4) is 0 Å². The van der Waals surface area contributed by atoms with E-state index in [9.17, 15) is 19.2 Å². The molecule has 0 unspecified atom stereocenters. The smallest absolute Gasteiger partial charge is 0.325 e. The summed E-state index contributed by atoms with van der Waals surface area (Å²) < 4.78 is 0. The van der Waals surface area contributed by atoms with E-state index in [1.54, 1.807) is 12.1 Å². The largest absolute Gasteiger partial charge is 0.351 e. The van der Waals surface area contributed by atoms with Gasteiger partial charge in [-0.25, -0.2) is 4.79 Å². The summed E-state index contributed by atoms with van der Waals surface area (Å²) in [7, 11) is 0. The van der Waals surface area contributed by atoms with Gasteiger partial charge in [0, 0.05) is 11.8 Å². The third-order valence-corrected chi connectivity index (χ3v) is 5.94. The highest BCUT2D eigenvalue weighted by Gasteiger charge is 2.52. The molecule has 1 atom stereocenters. The number of carbonyl (C=O) groups excluding carboxylic acids is 4. The van der Waals surface area contributed by atoms with Gasteiger partial charge in [0.2, 0.25) is 5.91 Å². The van der Waals surface area contributed by atoms with Crippen LogP contribution in [0.2, 0.25) is 0 Å². The van der Waals surface area contributed by atoms with E-state index < -0.39 is 17.5 Å². The fourth-order valence-electron chi connectivity index (χ4n) is 3.43. The van der Waals surface area contributed by atoms with Gasteiger partial charge in [-0.15, -0.1) is 11.3 Å². The molecule has 2 aromatic rings. The fourth-order valence-corrected chi connectivity index (χ4v) is 4.31. The minimum Gasteiger partial charge on any atom is -0.351 e. The van der Waals surface area contributed by atoms with E-state index in [4.69, 9.17) is 0 Å². The monoisotopic (exact) mass is 413 g/mol. The predicted molar refractivity (Wildman–Crippen MR) is 109 cm³/mol. The number of amides is 4. The zero-order valence-corrected chi connectivity index (χ0v) is 17.2. The zero-order valence-electron chi connectivity index (χ0n) is 16.4. The number of nitrogens with one attached hydrogen (secondary N) is 2. The van der Waals surface area contributed by atoms with Crippen LogP contribution in [0.25, 0.3) is 0 Å². The summed E-state index contributed by atoms with van der Waals surface area (Å²) >= 11 is 1.24. The molecule has 0 aliphatic carbocycles. The molecule has 3 rings (SSSR count). The van der Waals surface area contributed by atoms with E-state index in [-0.39, 0.29) is 18.2 Å². The molecule has 1 aromatic carbocycles. The Hall–Kier alpha value is -3.00. The standard InChI is InChI=1S/C21H23N3O4S/c1-3-11-21(15-7-5-4-6-8-15)19(27)24(20(28)23-21)13-17(26)18-10-9-16(29-18)12-22-14(2)25/h4-10H,3,11-13H2,1-2H3,(H,22,25)(H,23,28)/t21-/m0/s1. The number of benzene rings is 1. The molecule has 152 valence electrons. The van der Waals surface area contributed by atoms with Gasteiger partial charge in [0.15, 0.2) is 5.78 Å². The third-order valence-electron chi connectivity index (χ3n) is 4.82. The first-order valence-corrected chi connectivity index (χ1v) is 10.2. The van der Waals surface area contributed by atoms with Crippen LogP contribution in [0.15, 0.2) is 42.5 Å². The maximum absolute atomic E-state index is 13.2. The van der Waals surface area contributed by atoms with Gasteiger partial charge in [-0.3, -0.25) is 19.3 Å². The first-order valence-electron chi connectivity index (χ1n) is 9.43. The van der Waals surface area contributed by atoms with Gasteiger partial charge in [0.25, 0.3) is 5.91 Å². The molecule has 1 saturated heterocycles. The normalized spacial score (nSPS) is 18.6. The minimum atomic E-state index is -1.14. The van der Waals surface area contributed by atoms with E-state index in [0.29, 0.717) is 29.8 Å². The summed E-state index contributed by atoms with van der Waals surface area (Å²) in [6.07, 6.45) is 1.15. The second kappa shape index (κ2) is 8.57. The van der Waals surface area contributed by atoms with E-state index in [1.165, 1.54) is 18.3 Å². The molecule has 0 spiro atoms. The van der Waals surface area contributed by atoms with Crippen molar-refractivity contribution in [3.05, 3.63) is 57.8 Å². The number of nitrogens with zero attached hydrogens (tertiary/aromatic N) is 1. The molecule has 29 heavy (non-hydrogen) atoms. The number of hydrogen-bond acceptors (Lipinski definition) is 5. The quantitative estimate of drug-likeness (QED) is 0.514. The number of urea groups is 1. The van der Waals surface area contributed by atoms with Crippen LogP contribution < -0.4 is 10.6 Å². The second-order valence-corrected chi connectivity index (χ2v) is 8.11. The highest BCUT2D eigenvalue weighted by atomic mass is 32.1. The molecule has 0 radical (unpaired) electrons. The molecule has 2 N–H and O–H groups in total. The number of rotatable bonds is 8. The third kappa shape index (κ3) is 4.22. The number of imide groups is 1. The van der Waals surface area contributed by atoms with E-state index in [1.807, 2.05) is 37.3 Å². The fraction of sp³-hybridized carbons (Fsp3) is 0.333. The first-order chi connectivity index (χ1) is 13.9. The van der Waals surface area contributed by atoms with Crippen molar-refractivity contribution >= 4 is 35.0 Å².